The molecule has 0 bridgehead atoms. The quantitative estimate of drug-likeness (QED) is 0.184. The van der Waals surface area contributed by atoms with Gasteiger partial charge in [0, 0.05) is 51.4 Å². The molecule has 47 heavy (non-hydrogen) atoms. The summed E-state index contributed by atoms with van der Waals surface area (Å²) in [6.45, 7) is 0.0739. The Bertz CT molecular complexity index is 2300. The fourth-order valence-electron chi connectivity index (χ4n) is 7.64. The Hall–Kier alpha value is -5.72. The molecule has 6 aromatic carbocycles. The van der Waals surface area contributed by atoms with Crippen LogP contribution in [0, 0.1) is 0 Å². The van der Waals surface area contributed by atoms with E-state index in [1.807, 2.05) is 24.2 Å². The molecule has 220 valence electrons. The smallest absolute Gasteiger partial charge is 0.252 e. The zero-order valence-electron chi connectivity index (χ0n) is 25.4. The first kappa shape index (κ1) is 26.5. The maximum absolute atomic E-state index is 4.38. The highest BCUT2D eigenvalue weighted by Crippen LogP contribution is 2.58. The predicted molar refractivity (Wildman–Crippen MR) is 197 cm³/mol. The van der Waals surface area contributed by atoms with E-state index in [4.69, 9.17) is 0 Å². The Morgan fingerprint density at radius 2 is 0.957 bits per heavy atom. The van der Waals surface area contributed by atoms with Gasteiger partial charge in [-0.05, 0) is 83.1 Å². The number of benzene rings is 6. The zero-order chi connectivity index (χ0) is 30.9. The van der Waals surface area contributed by atoms with Gasteiger partial charge in [-0.1, -0.05) is 96.7 Å². The monoisotopic (exact) mass is 618 g/mol. The van der Waals surface area contributed by atoms with Crippen molar-refractivity contribution in [2.45, 2.75) is 9.79 Å². The number of anilines is 9. The van der Waals surface area contributed by atoms with Crippen molar-refractivity contribution < 1.29 is 0 Å². The van der Waals surface area contributed by atoms with Gasteiger partial charge < -0.3 is 14.7 Å². The minimum Gasteiger partial charge on any atom is -0.311 e. The molecule has 0 fully saturated rings. The largest absolute Gasteiger partial charge is 0.311 e. The normalized spacial score (nSPS) is 13.7. The molecule has 1 aromatic heterocycles. The lowest BCUT2D eigenvalue weighted by molar-refractivity contribution is 1.13. The van der Waals surface area contributed by atoms with Gasteiger partial charge in [0.2, 0.25) is 0 Å². The van der Waals surface area contributed by atoms with Gasteiger partial charge in [-0.2, -0.15) is 0 Å². The second-order valence-corrected chi connectivity index (χ2v) is 13.1. The first-order chi connectivity index (χ1) is 23.4. The van der Waals surface area contributed by atoms with Crippen LogP contribution in [-0.4, -0.2) is 11.7 Å². The van der Waals surface area contributed by atoms with Gasteiger partial charge in [-0.25, -0.2) is 0 Å². The van der Waals surface area contributed by atoms with Crippen LogP contribution in [-0.2, 0) is 0 Å². The van der Waals surface area contributed by atoms with E-state index < -0.39 is 0 Å². The van der Waals surface area contributed by atoms with E-state index in [1.54, 1.807) is 0 Å². The van der Waals surface area contributed by atoms with E-state index in [0.717, 1.165) is 22.7 Å². The number of nitrogens with zero attached hydrogens (tertiary/aromatic N) is 4. The van der Waals surface area contributed by atoms with Crippen molar-refractivity contribution in [3.63, 3.8) is 0 Å². The molecule has 0 amide bonds. The van der Waals surface area contributed by atoms with Crippen LogP contribution in [0.5, 0.6) is 0 Å². The number of aromatic nitrogens is 1. The fraction of sp³-hybridized carbons (Fsp3) is 0. The molecule has 0 radical (unpaired) electrons. The van der Waals surface area contributed by atoms with Crippen LogP contribution in [0.4, 0.5) is 51.2 Å². The zero-order valence-corrected chi connectivity index (χ0v) is 26.2. The highest BCUT2D eigenvalue weighted by Gasteiger charge is 2.46. The number of rotatable bonds is 3. The van der Waals surface area contributed by atoms with Crippen molar-refractivity contribution in [1.82, 2.24) is 4.98 Å². The van der Waals surface area contributed by atoms with Crippen molar-refractivity contribution in [2.75, 3.05) is 14.7 Å². The number of fused-ring (bicyclic) bond motifs is 7. The van der Waals surface area contributed by atoms with E-state index in [2.05, 4.69) is 171 Å². The molecule has 0 atom stereocenters. The second-order valence-electron chi connectivity index (χ2n) is 12.0. The van der Waals surface area contributed by atoms with E-state index >= 15 is 0 Å². The Labute approximate surface area is 278 Å². The number of hydrogen-bond acceptors (Lipinski definition) is 5. The van der Waals surface area contributed by atoms with Crippen molar-refractivity contribution in [3.05, 3.63) is 164 Å². The molecule has 3 aliphatic rings. The van der Waals surface area contributed by atoms with Gasteiger partial charge in [0.05, 0.1) is 22.0 Å². The van der Waals surface area contributed by atoms with Crippen molar-refractivity contribution >= 4 is 86.0 Å². The van der Waals surface area contributed by atoms with Crippen LogP contribution in [0.25, 0.3) is 0 Å². The molecule has 6 heteroatoms. The molecular weight excluding hydrogens is 591 g/mol. The minimum atomic E-state index is 0.0739. The molecule has 0 spiro atoms. The average molecular weight is 619 g/mol. The number of para-hydroxylation sites is 5. The summed E-state index contributed by atoms with van der Waals surface area (Å²) in [6.07, 6.45) is 3.77. The SMILES string of the molecule is c1ccc(N2c3ccccc3B3c4ccccc4N(c4ccccc4)c4c5c(cc2c43)N(c2ccncc2)c2ccccc2S5)cc1. The summed E-state index contributed by atoms with van der Waals surface area (Å²) in [4.78, 5) is 14.3. The van der Waals surface area contributed by atoms with Crippen LogP contribution in [0.2, 0.25) is 0 Å². The summed E-state index contributed by atoms with van der Waals surface area (Å²) in [5.74, 6) is 0. The average Bonchev–Trinajstić information content (AvgIpc) is 3.15. The third-order valence-electron chi connectivity index (χ3n) is 9.49. The molecule has 0 N–H and O–H groups in total. The Kier molecular flexibility index (Phi) is 5.87. The second kappa shape index (κ2) is 10.4. The summed E-state index contributed by atoms with van der Waals surface area (Å²) in [5, 5.41) is 0. The summed E-state index contributed by atoms with van der Waals surface area (Å²) in [5.41, 5.74) is 14.5. The van der Waals surface area contributed by atoms with E-state index in [9.17, 15) is 0 Å². The van der Waals surface area contributed by atoms with Gasteiger partial charge in [-0.15, -0.1) is 0 Å². The van der Waals surface area contributed by atoms with Crippen molar-refractivity contribution in [3.8, 4) is 0 Å². The summed E-state index contributed by atoms with van der Waals surface area (Å²) in [6, 6.07) is 55.0. The van der Waals surface area contributed by atoms with Crippen molar-refractivity contribution in [2.24, 2.45) is 0 Å². The summed E-state index contributed by atoms with van der Waals surface area (Å²) < 4.78 is 0. The molecule has 0 aliphatic carbocycles. The highest BCUT2D eigenvalue weighted by atomic mass is 32.2. The maximum atomic E-state index is 4.38. The standard InChI is InChI=1S/C41H27BN4S/c1-3-13-28(14-4-1)44-33-19-9-7-17-31(33)42-32-18-8-10-20-34(32)46(29-15-5-2-6-16-29)40-39(42)36(44)27-37-41(40)47-38-22-12-11-21-35(38)45(37)30-23-25-43-26-24-30/h1-27H. The molecule has 4 heterocycles. The topological polar surface area (TPSA) is 22.6 Å². The lowest BCUT2D eigenvalue weighted by Crippen LogP contribution is -2.61. The van der Waals surface area contributed by atoms with Crippen LogP contribution >= 0.6 is 11.8 Å². The van der Waals surface area contributed by atoms with Gasteiger partial charge in [-0.3, -0.25) is 4.98 Å². The fourth-order valence-corrected chi connectivity index (χ4v) is 8.82. The Morgan fingerprint density at radius 1 is 0.447 bits per heavy atom. The Balaban J connectivity index is 1.38. The minimum absolute atomic E-state index is 0.0739. The van der Waals surface area contributed by atoms with Crippen molar-refractivity contribution in [1.29, 1.82) is 0 Å². The van der Waals surface area contributed by atoms with E-state index in [0.29, 0.717) is 0 Å². The van der Waals surface area contributed by atoms with Crippen LogP contribution in [0.1, 0.15) is 0 Å². The molecule has 10 rings (SSSR count). The van der Waals surface area contributed by atoms with Gasteiger partial charge in [0.1, 0.15) is 0 Å². The highest BCUT2D eigenvalue weighted by molar-refractivity contribution is 8.00. The van der Waals surface area contributed by atoms with Crippen LogP contribution in [0.15, 0.2) is 174 Å². The maximum Gasteiger partial charge on any atom is 0.252 e. The lowest BCUT2D eigenvalue weighted by Gasteiger charge is -2.46. The third kappa shape index (κ3) is 3.88. The van der Waals surface area contributed by atoms with Gasteiger partial charge >= 0.3 is 0 Å². The van der Waals surface area contributed by atoms with Gasteiger partial charge in [0.25, 0.3) is 6.71 Å². The molecular formula is C41H27BN4S. The Morgan fingerprint density at radius 3 is 1.64 bits per heavy atom. The third-order valence-corrected chi connectivity index (χ3v) is 10.7. The lowest BCUT2D eigenvalue weighted by atomic mass is 9.33. The summed E-state index contributed by atoms with van der Waals surface area (Å²) in [7, 11) is 0. The molecule has 0 saturated carbocycles. The molecule has 7 aromatic rings. The van der Waals surface area contributed by atoms with Crippen LogP contribution < -0.4 is 31.1 Å². The molecule has 4 nitrogen and oxygen atoms in total. The first-order valence-electron chi connectivity index (χ1n) is 15.9. The van der Waals surface area contributed by atoms with Crippen LogP contribution in [0.3, 0.4) is 0 Å². The van der Waals surface area contributed by atoms with Gasteiger partial charge in [0.15, 0.2) is 0 Å². The van der Waals surface area contributed by atoms with E-state index in [-0.39, 0.29) is 6.71 Å². The molecule has 0 unspecified atom stereocenters. The van der Waals surface area contributed by atoms with E-state index in [1.165, 1.54) is 54.6 Å². The summed E-state index contributed by atoms with van der Waals surface area (Å²) >= 11 is 1.87. The molecule has 3 aliphatic heterocycles. The number of pyridine rings is 1. The number of hydrogen-bond donors (Lipinski definition) is 0. The predicted octanol–water partition coefficient (Wildman–Crippen LogP) is 9.10. The first-order valence-corrected chi connectivity index (χ1v) is 16.7. The molecule has 0 saturated heterocycles.